The highest BCUT2D eigenvalue weighted by molar-refractivity contribution is 9.10. The summed E-state index contributed by atoms with van der Waals surface area (Å²) in [5.41, 5.74) is -0.342. The average Bonchev–Trinajstić information content (AvgIpc) is 2.57. The van der Waals surface area contributed by atoms with Gasteiger partial charge in [-0.1, -0.05) is 0 Å². The molecule has 1 aliphatic rings. The van der Waals surface area contributed by atoms with Gasteiger partial charge in [-0.25, -0.2) is 14.8 Å². The van der Waals surface area contributed by atoms with Crippen LogP contribution in [0.4, 0.5) is 4.79 Å². The number of rotatable bonds is 5. The monoisotopic (exact) mass is 427 g/mol. The van der Waals surface area contributed by atoms with Crippen LogP contribution in [-0.2, 0) is 9.53 Å². The van der Waals surface area contributed by atoms with E-state index in [1.54, 1.807) is 17.2 Å². The number of ether oxygens (including phenoxy) is 1. The molecule has 26 heavy (non-hydrogen) atoms. The fourth-order valence-corrected chi connectivity index (χ4v) is 2.92. The molecule has 9 heteroatoms. The lowest BCUT2D eigenvalue weighted by atomic mass is 10.1. The van der Waals surface area contributed by atoms with Crippen molar-refractivity contribution in [3.8, 4) is 0 Å². The predicted molar refractivity (Wildman–Crippen MR) is 101 cm³/mol. The van der Waals surface area contributed by atoms with E-state index < -0.39 is 6.09 Å². The Labute approximate surface area is 162 Å². The van der Waals surface area contributed by atoms with Crippen molar-refractivity contribution in [3.05, 3.63) is 22.7 Å². The summed E-state index contributed by atoms with van der Waals surface area (Å²) in [6.07, 6.45) is 2.00. The van der Waals surface area contributed by atoms with Crippen molar-refractivity contribution in [3.63, 3.8) is 0 Å². The molecular weight excluding hydrogens is 402 g/mol. The molecule has 0 aromatic carbocycles. The van der Waals surface area contributed by atoms with Crippen LogP contribution < -0.4 is 10.6 Å². The van der Waals surface area contributed by atoms with Crippen LogP contribution in [-0.4, -0.2) is 58.6 Å². The Hall–Kier alpha value is -1.74. The molecule has 144 valence electrons. The summed E-state index contributed by atoms with van der Waals surface area (Å²) in [6.45, 7) is 7.81. The summed E-state index contributed by atoms with van der Waals surface area (Å²) in [7, 11) is 0. The SMILES string of the molecule is CC(C)(C)NC(=O)OCCCC(=O)N1CCNCC1c1nccc(Br)n1. The molecule has 8 nitrogen and oxygen atoms in total. The van der Waals surface area contributed by atoms with Gasteiger partial charge in [-0.05, 0) is 49.2 Å². The predicted octanol–water partition coefficient (Wildman–Crippen LogP) is 2.02. The second kappa shape index (κ2) is 9.27. The first-order chi connectivity index (χ1) is 12.3. The number of carbonyl (C=O) groups is 2. The Kier molecular flexibility index (Phi) is 7.33. The van der Waals surface area contributed by atoms with Crippen LogP contribution in [0.3, 0.4) is 0 Å². The van der Waals surface area contributed by atoms with E-state index in [-0.39, 0.29) is 24.1 Å². The van der Waals surface area contributed by atoms with Gasteiger partial charge in [0.15, 0.2) is 5.82 Å². The maximum atomic E-state index is 12.6. The minimum Gasteiger partial charge on any atom is -0.450 e. The van der Waals surface area contributed by atoms with Crippen molar-refractivity contribution in [1.29, 1.82) is 0 Å². The standard InChI is InChI=1S/C17H26BrN5O3/c1-17(2,3)22-16(25)26-10-4-5-14(24)23-9-8-19-11-12(23)15-20-7-6-13(18)21-15/h6-7,12,19H,4-5,8-11H2,1-3H3,(H,22,25). The number of alkyl carbamates (subject to hydrolysis) is 1. The summed E-state index contributed by atoms with van der Waals surface area (Å²) in [6, 6.07) is 1.56. The van der Waals surface area contributed by atoms with Crippen LogP contribution in [0.15, 0.2) is 16.9 Å². The summed E-state index contributed by atoms with van der Waals surface area (Å²) >= 11 is 3.34. The van der Waals surface area contributed by atoms with Crippen LogP contribution in [0, 0.1) is 0 Å². The molecule has 1 aromatic heterocycles. The van der Waals surface area contributed by atoms with E-state index in [9.17, 15) is 9.59 Å². The normalized spacial score (nSPS) is 17.7. The lowest BCUT2D eigenvalue weighted by Gasteiger charge is -2.35. The lowest BCUT2D eigenvalue weighted by Crippen LogP contribution is -2.49. The quantitative estimate of drug-likeness (QED) is 0.550. The maximum absolute atomic E-state index is 12.6. The van der Waals surface area contributed by atoms with Crippen LogP contribution in [0.2, 0.25) is 0 Å². The van der Waals surface area contributed by atoms with Gasteiger partial charge in [0.05, 0.1) is 6.61 Å². The van der Waals surface area contributed by atoms with E-state index in [0.717, 1.165) is 6.54 Å². The Balaban J connectivity index is 1.84. The molecule has 0 saturated carbocycles. The smallest absolute Gasteiger partial charge is 0.407 e. The molecule has 1 atom stereocenters. The van der Waals surface area contributed by atoms with Crippen molar-refractivity contribution in [2.75, 3.05) is 26.2 Å². The number of aromatic nitrogens is 2. The molecule has 1 saturated heterocycles. The molecule has 1 unspecified atom stereocenters. The Morgan fingerprint density at radius 3 is 2.92 bits per heavy atom. The molecule has 0 bridgehead atoms. The molecule has 0 aliphatic carbocycles. The minimum absolute atomic E-state index is 0.0138. The van der Waals surface area contributed by atoms with Gasteiger partial charge in [-0.2, -0.15) is 0 Å². The Morgan fingerprint density at radius 1 is 1.46 bits per heavy atom. The van der Waals surface area contributed by atoms with Crippen LogP contribution in [0.25, 0.3) is 0 Å². The van der Waals surface area contributed by atoms with Crippen LogP contribution in [0.1, 0.15) is 45.5 Å². The fraction of sp³-hybridized carbons (Fsp3) is 0.647. The summed E-state index contributed by atoms with van der Waals surface area (Å²) in [4.78, 5) is 34.7. The number of carbonyl (C=O) groups excluding carboxylic acids is 2. The third-order valence-corrected chi connectivity index (χ3v) is 4.19. The van der Waals surface area contributed by atoms with Gasteiger partial charge < -0.3 is 20.3 Å². The Morgan fingerprint density at radius 2 is 2.23 bits per heavy atom. The molecule has 1 aliphatic heterocycles. The van der Waals surface area contributed by atoms with Crippen molar-refractivity contribution in [2.24, 2.45) is 0 Å². The first-order valence-electron chi connectivity index (χ1n) is 8.70. The number of nitrogens with zero attached hydrogens (tertiary/aromatic N) is 3. The van der Waals surface area contributed by atoms with Gasteiger partial charge in [0.2, 0.25) is 5.91 Å². The van der Waals surface area contributed by atoms with Gasteiger partial charge in [0, 0.05) is 37.8 Å². The molecule has 2 N–H and O–H groups in total. The second-order valence-electron chi connectivity index (χ2n) is 7.16. The number of hydrogen-bond acceptors (Lipinski definition) is 6. The molecule has 1 fully saturated rings. The maximum Gasteiger partial charge on any atom is 0.407 e. The van der Waals surface area contributed by atoms with Gasteiger partial charge in [-0.15, -0.1) is 0 Å². The summed E-state index contributed by atoms with van der Waals surface area (Å²) < 4.78 is 5.81. The van der Waals surface area contributed by atoms with Crippen molar-refractivity contribution < 1.29 is 14.3 Å². The first-order valence-corrected chi connectivity index (χ1v) is 9.49. The van der Waals surface area contributed by atoms with Gasteiger partial charge in [0.25, 0.3) is 0 Å². The fourth-order valence-electron chi connectivity index (χ4n) is 2.62. The van der Waals surface area contributed by atoms with Crippen LogP contribution >= 0.6 is 15.9 Å². The number of hydrogen-bond donors (Lipinski definition) is 2. The lowest BCUT2D eigenvalue weighted by molar-refractivity contribution is -0.135. The number of nitrogens with one attached hydrogen (secondary N) is 2. The van der Waals surface area contributed by atoms with E-state index in [2.05, 4.69) is 36.5 Å². The second-order valence-corrected chi connectivity index (χ2v) is 7.97. The van der Waals surface area contributed by atoms with E-state index in [1.165, 1.54) is 0 Å². The van der Waals surface area contributed by atoms with Crippen molar-refractivity contribution in [2.45, 2.75) is 45.2 Å². The molecule has 2 amide bonds. The number of amides is 2. The summed E-state index contributed by atoms with van der Waals surface area (Å²) in [5, 5.41) is 5.99. The highest BCUT2D eigenvalue weighted by atomic mass is 79.9. The highest BCUT2D eigenvalue weighted by Gasteiger charge is 2.29. The molecule has 0 radical (unpaired) electrons. The highest BCUT2D eigenvalue weighted by Crippen LogP contribution is 2.21. The molecular formula is C17H26BrN5O3. The van der Waals surface area contributed by atoms with E-state index in [0.29, 0.717) is 36.4 Å². The average molecular weight is 428 g/mol. The Bertz CT molecular complexity index is 635. The zero-order valence-corrected chi connectivity index (χ0v) is 17.0. The largest absolute Gasteiger partial charge is 0.450 e. The van der Waals surface area contributed by atoms with E-state index in [4.69, 9.17) is 4.74 Å². The van der Waals surface area contributed by atoms with E-state index in [1.807, 2.05) is 20.8 Å². The zero-order valence-electron chi connectivity index (χ0n) is 15.4. The van der Waals surface area contributed by atoms with Crippen molar-refractivity contribution >= 4 is 27.9 Å². The third kappa shape index (κ3) is 6.53. The van der Waals surface area contributed by atoms with Gasteiger partial charge in [0.1, 0.15) is 10.6 Å². The third-order valence-electron chi connectivity index (χ3n) is 3.75. The summed E-state index contributed by atoms with van der Waals surface area (Å²) in [5.74, 6) is 0.626. The molecule has 2 heterocycles. The number of halogens is 1. The zero-order chi connectivity index (χ0) is 19.2. The van der Waals surface area contributed by atoms with Gasteiger partial charge in [-0.3, -0.25) is 4.79 Å². The minimum atomic E-state index is -0.465. The molecule has 1 aromatic rings. The molecule has 2 rings (SSSR count). The number of piperazine rings is 1. The van der Waals surface area contributed by atoms with E-state index >= 15 is 0 Å². The van der Waals surface area contributed by atoms with Crippen LogP contribution in [0.5, 0.6) is 0 Å². The molecule has 0 spiro atoms. The van der Waals surface area contributed by atoms with Gasteiger partial charge >= 0.3 is 6.09 Å². The topological polar surface area (TPSA) is 96.5 Å². The first kappa shape index (κ1) is 20.6. The van der Waals surface area contributed by atoms with Crippen molar-refractivity contribution in [1.82, 2.24) is 25.5 Å².